The highest BCUT2D eigenvalue weighted by molar-refractivity contribution is 5.29. The molecular weight excluding hydrogens is 805 g/mol. The number of hydrogen-bond donors (Lipinski definition) is 2. The van der Waals surface area contributed by atoms with Crippen LogP contribution in [0.5, 0.6) is 0 Å². The molecule has 1 fully saturated rings. The fraction of sp³-hybridized carbons (Fsp3) is 0.467. The van der Waals surface area contributed by atoms with Crippen LogP contribution in [-0.2, 0) is 14.5 Å². The molecule has 2 N–H and O–H groups in total. The second kappa shape index (κ2) is 42.0. The number of non-ortho nitro benzene ring substituents is 4. The molecule has 1 atom stereocenters. The van der Waals surface area contributed by atoms with Gasteiger partial charge in [-0.1, -0.05) is 145 Å². The van der Waals surface area contributed by atoms with E-state index in [1.54, 1.807) is 101 Å². The van der Waals surface area contributed by atoms with E-state index in [2.05, 4.69) is 21.4 Å². The molecule has 1 aliphatic rings. The number of methoxy groups -OCH3 is 1. The third kappa shape index (κ3) is 36.2. The minimum atomic E-state index is -0.417. The standard InChI is InChI=1S/C14H28O2.4C6H5NO2.C3H8O2.C2H6O.C2H6/c1-3-4-5-6-13-7-9-14(10-8-13)11-12(2)16-15;4*8-7(9)6-4-2-1-3-5-6;1-3(2)5-4;1-3-2;1-2/h12-15H,3-11H2,1-2H3;4*1-5H;3-4H,1-2H3;1-2H3;1-2H3. The van der Waals surface area contributed by atoms with E-state index in [0.717, 1.165) is 18.3 Å². The van der Waals surface area contributed by atoms with Crippen molar-refractivity contribution in [2.75, 3.05) is 14.2 Å². The molecule has 0 aromatic heterocycles. The van der Waals surface area contributed by atoms with Gasteiger partial charge in [0.15, 0.2) is 0 Å². The second-order valence-electron chi connectivity index (χ2n) is 13.5. The Balaban J connectivity index is -0.000000677. The quantitative estimate of drug-likeness (QED) is 0.0583. The highest BCUT2D eigenvalue weighted by Crippen LogP contribution is 2.34. The maximum atomic E-state index is 10.0. The number of rotatable bonds is 12. The Kier molecular flexibility index (Phi) is 41.0. The highest BCUT2D eigenvalue weighted by Gasteiger charge is 2.22. The van der Waals surface area contributed by atoms with E-state index < -0.39 is 19.7 Å². The van der Waals surface area contributed by atoms with E-state index in [4.69, 9.17) is 10.5 Å². The molecule has 0 saturated heterocycles. The third-order valence-electron chi connectivity index (χ3n) is 8.11. The van der Waals surface area contributed by atoms with Crippen LogP contribution in [0.4, 0.5) is 22.7 Å². The molecule has 0 spiro atoms. The van der Waals surface area contributed by atoms with Crippen LogP contribution < -0.4 is 0 Å². The van der Waals surface area contributed by atoms with Crippen molar-refractivity contribution < 1.29 is 44.7 Å². The Bertz CT molecular complexity index is 1440. The van der Waals surface area contributed by atoms with Gasteiger partial charge in [-0.15, -0.1) is 0 Å². The zero-order chi connectivity index (χ0) is 47.6. The molecule has 0 amide bonds. The van der Waals surface area contributed by atoms with Gasteiger partial charge in [0.05, 0.1) is 31.9 Å². The summed E-state index contributed by atoms with van der Waals surface area (Å²) >= 11 is 0. The molecule has 4 aromatic rings. The first-order chi connectivity index (χ1) is 29.7. The van der Waals surface area contributed by atoms with Crippen LogP contribution in [0.15, 0.2) is 121 Å². The van der Waals surface area contributed by atoms with Gasteiger partial charge in [-0.3, -0.25) is 51.0 Å². The topological polar surface area (TPSA) is 241 Å². The van der Waals surface area contributed by atoms with E-state index in [-0.39, 0.29) is 35.0 Å². The zero-order valence-corrected chi connectivity index (χ0v) is 37.4. The molecule has 17 heteroatoms. The summed E-state index contributed by atoms with van der Waals surface area (Å²) in [5.41, 5.74) is 0.546. The van der Waals surface area contributed by atoms with Crippen LogP contribution in [0.25, 0.3) is 0 Å². The van der Waals surface area contributed by atoms with Crippen LogP contribution in [0.3, 0.4) is 0 Å². The first-order valence-electron chi connectivity index (χ1n) is 20.4. The maximum absolute atomic E-state index is 10.0. The Hall–Kier alpha value is -5.72. The van der Waals surface area contributed by atoms with E-state index in [9.17, 15) is 40.5 Å². The van der Waals surface area contributed by atoms with Gasteiger partial charge in [0.2, 0.25) is 0 Å². The highest BCUT2D eigenvalue weighted by atomic mass is 17.1. The minimum Gasteiger partial charge on any atom is -0.388 e. The van der Waals surface area contributed by atoms with Crippen molar-refractivity contribution in [2.24, 2.45) is 11.8 Å². The average molecular weight is 873 g/mol. The molecule has 4 aromatic carbocycles. The smallest absolute Gasteiger partial charge is 0.269 e. The number of nitro groups is 4. The Morgan fingerprint density at radius 2 is 0.790 bits per heavy atom. The fourth-order valence-electron chi connectivity index (χ4n) is 5.15. The summed E-state index contributed by atoms with van der Waals surface area (Å²) in [7, 11) is 3.25. The number of benzene rings is 4. The summed E-state index contributed by atoms with van der Waals surface area (Å²) in [6.45, 7) is 11.7. The number of nitro benzene ring substituents is 4. The summed E-state index contributed by atoms with van der Waals surface area (Å²) < 4.78 is 4.25. The van der Waals surface area contributed by atoms with Gasteiger partial charge in [-0.2, -0.15) is 0 Å². The molecule has 1 aliphatic carbocycles. The normalized spacial score (nSPS) is 13.5. The summed E-state index contributed by atoms with van der Waals surface area (Å²) in [5, 5.41) is 56.2. The van der Waals surface area contributed by atoms with Crippen molar-refractivity contribution in [3.8, 4) is 0 Å². The second-order valence-corrected chi connectivity index (χ2v) is 13.5. The SMILES string of the molecule is CC.CC(C)OO.CCCCCC1CCC(CC(C)OO)CC1.COC.O=[N+]([O-])c1ccccc1.O=[N+]([O-])c1ccccc1.O=[N+]([O-])c1ccccc1.O=[N+]([O-])c1ccccc1. The van der Waals surface area contributed by atoms with Gasteiger partial charge in [0.1, 0.15) is 0 Å². The number of hydrogen-bond acceptors (Lipinski definition) is 13. The van der Waals surface area contributed by atoms with Crippen molar-refractivity contribution in [1.29, 1.82) is 0 Å². The fourth-order valence-corrected chi connectivity index (χ4v) is 5.15. The van der Waals surface area contributed by atoms with Crippen molar-refractivity contribution in [3.63, 3.8) is 0 Å². The number of unbranched alkanes of at least 4 members (excludes halogenated alkanes) is 2. The van der Waals surface area contributed by atoms with Crippen molar-refractivity contribution >= 4 is 22.7 Å². The molecule has 1 saturated carbocycles. The minimum absolute atomic E-state index is 0.0154. The van der Waals surface area contributed by atoms with Gasteiger partial charge in [0, 0.05) is 62.8 Å². The van der Waals surface area contributed by atoms with Gasteiger partial charge >= 0.3 is 0 Å². The lowest BCUT2D eigenvalue weighted by molar-refractivity contribution is -0.385. The first-order valence-corrected chi connectivity index (χ1v) is 20.4. The van der Waals surface area contributed by atoms with E-state index in [1.807, 2.05) is 20.8 Å². The third-order valence-corrected chi connectivity index (χ3v) is 8.11. The molecule has 0 bridgehead atoms. The molecule has 5 rings (SSSR count). The van der Waals surface area contributed by atoms with Crippen LogP contribution in [-0.4, -0.2) is 56.6 Å². The lowest BCUT2D eigenvalue weighted by atomic mass is 9.78. The van der Waals surface area contributed by atoms with Crippen LogP contribution in [0, 0.1) is 52.3 Å². The Labute approximate surface area is 366 Å². The van der Waals surface area contributed by atoms with E-state index in [0.29, 0.717) is 0 Å². The van der Waals surface area contributed by atoms with Crippen molar-refractivity contribution in [1.82, 2.24) is 0 Å². The molecule has 1 unspecified atom stereocenters. The average Bonchev–Trinajstić information content (AvgIpc) is 3.30. The Morgan fingerprint density at radius 1 is 0.532 bits per heavy atom. The van der Waals surface area contributed by atoms with Crippen LogP contribution >= 0.6 is 0 Å². The van der Waals surface area contributed by atoms with Crippen LogP contribution in [0.2, 0.25) is 0 Å². The Morgan fingerprint density at radius 3 is 0.984 bits per heavy atom. The zero-order valence-electron chi connectivity index (χ0n) is 37.4. The lowest BCUT2D eigenvalue weighted by Crippen LogP contribution is -2.19. The predicted octanol–water partition coefficient (Wildman–Crippen LogP) is 13.2. The van der Waals surface area contributed by atoms with Crippen LogP contribution in [0.1, 0.15) is 99.3 Å². The lowest BCUT2D eigenvalue weighted by Gasteiger charge is -2.29. The summed E-state index contributed by atoms with van der Waals surface area (Å²) in [6, 6.07) is 31.7. The maximum Gasteiger partial charge on any atom is 0.269 e. The molecule has 17 nitrogen and oxygen atoms in total. The molecule has 0 aliphatic heterocycles. The van der Waals surface area contributed by atoms with Gasteiger partial charge in [-0.25, -0.2) is 9.78 Å². The van der Waals surface area contributed by atoms with Gasteiger partial charge in [-0.05, 0) is 39.0 Å². The monoisotopic (exact) mass is 872 g/mol. The summed E-state index contributed by atoms with van der Waals surface area (Å²) in [4.78, 5) is 46.5. The number of ether oxygens (including phenoxy) is 1. The first kappa shape index (κ1) is 60.6. The number of nitrogens with zero attached hydrogens (tertiary/aromatic N) is 4. The van der Waals surface area contributed by atoms with Crippen molar-refractivity contribution in [3.05, 3.63) is 162 Å². The predicted molar refractivity (Wildman–Crippen MR) is 243 cm³/mol. The van der Waals surface area contributed by atoms with Gasteiger partial charge in [0.25, 0.3) is 22.7 Å². The van der Waals surface area contributed by atoms with E-state index >= 15 is 0 Å². The largest absolute Gasteiger partial charge is 0.388 e. The summed E-state index contributed by atoms with van der Waals surface area (Å²) in [5.74, 6) is 1.76. The van der Waals surface area contributed by atoms with E-state index in [1.165, 1.54) is 99.9 Å². The number of para-hydroxylation sites is 4. The molecule has 0 radical (unpaired) electrons. The molecule has 0 heterocycles. The van der Waals surface area contributed by atoms with Gasteiger partial charge < -0.3 is 4.74 Å². The summed E-state index contributed by atoms with van der Waals surface area (Å²) in [6.07, 6.45) is 12.0. The van der Waals surface area contributed by atoms with Crippen molar-refractivity contribution in [2.45, 2.75) is 112 Å². The molecular formula is C45H68N4O13. The molecule has 346 valence electrons. The molecule has 62 heavy (non-hydrogen) atoms.